The lowest BCUT2D eigenvalue weighted by Gasteiger charge is -2.32. The lowest BCUT2D eigenvalue weighted by atomic mass is 10.2. The normalized spacial score (nSPS) is 18.4. The summed E-state index contributed by atoms with van der Waals surface area (Å²) in [7, 11) is 0. The second-order valence-corrected chi connectivity index (χ2v) is 5.80. The van der Waals surface area contributed by atoms with Crippen molar-refractivity contribution in [1.82, 2.24) is 19.9 Å². The number of hydrogen-bond acceptors (Lipinski definition) is 6. The summed E-state index contributed by atoms with van der Waals surface area (Å²) >= 11 is 1.60. The molecule has 0 bridgehead atoms. The minimum atomic E-state index is -1.16. The molecule has 0 saturated carbocycles. The van der Waals surface area contributed by atoms with Crippen LogP contribution in [0, 0.1) is 0 Å². The summed E-state index contributed by atoms with van der Waals surface area (Å²) in [5.74, 6) is -1.30. The van der Waals surface area contributed by atoms with Crippen LogP contribution in [0.15, 0.2) is 23.7 Å². The van der Waals surface area contributed by atoms with Crippen LogP contribution >= 0.6 is 11.3 Å². The number of morpholine rings is 1. The molecule has 116 valence electrons. The molecule has 3 rings (SSSR count). The topological polar surface area (TPSA) is 97.5 Å². The zero-order chi connectivity index (χ0) is 15.5. The van der Waals surface area contributed by atoms with Gasteiger partial charge in [-0.15, -0.1) is 16.4 Å². The molecule has 8 nitrogen and oxygen atoms in total. The maximum atomic E-state index is 12.3. The van der Waals surface area contributed by atoms with Crippen LogP contribution in [0.2, 0.25) is 0 Å². The maximum Gasteiger partial charge on any atom is 0.358 e. The van der Waals surface area contributed by atoms with Gasteiger partial charge in [-0.1, -0.05) is 11.3 Å². The fraction of sp³-hybridized carbons (Fsp3) is 0.385. The summed E-state index contributed by atoms with van der Waals surface area (Å²) in [4.78, 5) is 25.8. The molecule has 0 radical (unpaired) electrons. The molecule has 9 heteroatoms. The number of hydrogen-bond donors (Lipinski definition) is 1. The van der Waals surface area contributed by atoms with Gasteiger partial charge in [0.25, 0.3) is 0 Å². The number of carboxylic acid groups (broad SMARTS) is 1. The standard InChI is InChI=1S/C13H14N4O4S/c18-12(8-17-6-9(13(19)20)14-15-17)16-3-4-21-10(7-16)11-2-1-5-22-11/h1-2,5-6,10H,3-4,7-8H2,(H,19,20). The van der Waals surface area contributed by atoms with Crippen LogP contribution in [-0.2, 0) is 16.1 Å². The van der Waals surface area contributed by atoms with Crippen LogP contribution in [0.25, 0.3) is 0 Å². The van der Waals surface area contributed by atoms with E-state index >= 15 is 0 Å². The summed E-state index contributed by atoms with van der Waals surface area (Å²) in [6, 6.07) is 3.94. The zero-order valence-electron chi connectivity index (χ0n) is 11.6. The lowest BCUT2D eigenvalue weighted by molar-refractivity contribution is -0.139. The fourth-order valence-electron chi connectivity index (χ4n) is 2.23. The van der Waals surface area contributed by atoms with Crippen LogP contribution in [0.4, 0.5) is 0 Å². The molecule has 1 unspecified atom stereocenters. The highest BCUT2D eigenvalue weighted by Gasteiger charge is 2.26. The third kappa shape index (κ3) is 3.15. The summed E-state index contributed by atoms with van der Waals surface area (Å²) in [6.45, 7) is 1.45. The Kier molecular flexibility index (Phi) is 4.16. The maximum absolute atomic E-state index is 12.3. The molecular formula is C13H14N4O4S. The van der Waals surface area contributed by atoms with Gasteiger partial charge in [0.05, 0.1) is 19.3 Å². The van der Waals surface area contributed by atoms with E-state index in [1.807, 2.05) is 17.5 Å². The Hall–Kier alpha value is -2.26. The summed E-state index contributed by atoms with van der Waals surface area (Å²) in [5, 5.41) is 17.9. The molecule has 1 amide bonds. The molecule has 1 N–H and O–H groups in total. The van der Waals surface area contributed by atoms with Gasteiger partial charge >= 0.3 is 5.97 Å². The minimum absolute atomic E-state index is 0.0303. The number of aromatic nitrogens is 3. The molecule has 2 aromatic rings. The van der Waals surface area contributed by atoms with Gasteiger partial charge in [0.15, 0.2) is 5.69 Å². The van der Waals surface area contributed by atoms with E-state index < -0.39 is 5.97 Å². The first kappa shape index (κ1) is 14.7. The van der Waals surface area contributed by atoms with Crippen molar-refractivity contribution >= 4 is 23.2 Å². The Bertz CT molecular complexity index is 669. The number of amides is 1. The van der Waals surface area contributed by atoms with Crippen molar-refractivity contribution in [3.63, 3.8) is 0 Å². The number of carboxylic acids is 1. The van der Waals surface area contributed by atoms with Gasteiger partial charge in [-0.05, 0) is 11.4 Å². The molecule has 1 aliphatic rings. The van der Waals surface area contributed by atoms with Crippen molar-refractivity contribution in [2.24, 2.45) is 0 Å². The SMILES string of the molecule is O=C(O)c1cn(CC(=O)N2CCOC(c3cccs3)C2)nn1. The molecular weight excluding hydrogens is 308 g/mol. The predicted molar refractivity (Wildman–Crippen MR) is 76.6 cm³/mol. The Balaban J connectivity index is 1.62. The highest BCUT2D eigenvalue weighted by Crippen LogP contribution is 2.26. The first-order chi connectivity index (χ1) is 10.6. The van der Waals surface area contributed by atoms with E-state index in [0.29, 0.717) is 19.7 Å². The van der Waals surface area contributed by atoms with E-state index in [1.54, 1.807) is 16.2 Å². The summed E-state index contributed by atoms with van der Waals surface area (Å²) < 4.78 is 6.93. The van der Waals surface area contributed by atoms with E-state index in [4.69, 9.17) is 9.84 Å². The van der Waals surface area contributed by atoms with Crippen molar-refractivity contribution in [3.05, 3.63) is 34.3 Å². The Labute approximate surface area is 129 Å². The van der Waals surface area contributed by atoms with E-state index in [2.05, 4.69) is 10.3 Å². The zero-order valence-corrected chi connectivity index (χ0v) is 12.4. The van der Waals surface area contributed by atoms with Gasteiger partial charge in [0, 0.05) is 11.4 Å². The molecule has 0 spiro atoms. The van der Waals surface area contributed by atoms with E-state index in [9.17, 15) is 9.59 Å². The van der Waals surface area contributed by atoms with Gasteiger partial charge < -0.3 is 14.7 Å². The van der Waals surface area contributed by atoms with Crippen LogP contribution in [0.5, 0.6) is 0 Å². The summed E-state index contributed by atoms with van der Waals surface area (Å²) in [5.41, 5.74) is -0.175. The highest BCUT2D eigenvalue weighted by atomic mass is 32.1. The number of aromatic carboxylic acids is 1. The third-order valence-electron chi connectivity index (χ3n) is 3.33. The molecule has 2 aromatic heterocycles. The predicted octanol–water partition coefficient (Wildman–Crippen LogP) is 0.638. The first-order valence-electron chi connectivity index (χ1n) is 6.69. The van der Waals surface area contributed by atoms with Gasteiger partial charge in [-0.3, -0.25) is 4.79 Å². The molecule has 1 aliphatic heterocycles. The number of carbonyl (C=O) groups excluding carboxylic acids is 1. The van der Waals surface area contributed by atoms with Crippen molar-refractivity contribution in [3.8, 4) is 0 Å². The smallest absolute Gasteiger partial charge is 0.358 e. The van der Waals surface area contributed by atoms with Gasteiger partial charge in [0.1, 0.15) is 12.6 Å². The molecule has 1 atom stereocenters. The Morgan fingerprint density at radius 1 is 1.50 bits per heavy atom. The van der Waals surface area contributed by atoms with Gasteiger partial charge in [-0.25, -0.2) is 9.48 Å². The first-order valence-corrected chi connectivity index (χ1v) is 7.57. The molecule has 1 saturated heterocycles. The number of thiophene rings is 1. The van der Waals surface area contributed by atoms with Crippen molar-refractivity contribution in [2.45, 2.75) is 12.6 Å². The average Bonchev–Trinajstić information content (AvgIpc) is 3.19. The van der Waals surface area contributed by atoms with Crippen LogP contribution in [0.1, 0.15) is 21.5 Å². The summed E-state index contributed by atoms with van der Waals surface area (Å²) in [6.07, 6.45) is 1.14. The van der Waals surface area contributed by atoms with Crippen molar-refractivity contribution in [2.75, 3.05) is 19.7 Å². The highest BCUT2D eigenvalue weighted by molar-refractivity contribution is 7.10. The molecule has 1 fully saturated rings. The van der Waals surface area contributed by atoms with Gasteiger partial charge in [0.2, 0.25) is 5.91 Å². The average molecular weight is 322 g/mol. The van der Waals surface area contributed by atoms with Crippen molar-refractivity contribution < 1.29 is 19.4 Å². The van der Waals surface area contributed by atoms with E-state index in [-0.39, 0.29) is 24.2 Å². The number of rotatable bonds is 4. The van der Waals surface area contributed by atoms with Crippen LogP contribution in [-0.4, -0.2) is 56.6 Å². The number of carbonyl (C=O) groups is 2. The van der Waals surface area contributed by atoms with E-state index in [1.165, 1.54) is 10.9 Å². The molecule has 0 aromatic carbocycles. The third-order valence-corrected chi connectivity index (χ3v) is 4.30. The quantitative estimate of drug-likeness (QED) is 0.887. The lowest BCUT2D eigenvalue weighted by Crippen LogP contribution is -2.43. The number of ether oxygens (including phenoxy) is 1. The van der Waals surface area contributed by atoms with Crippen molar-refractivity contribution in [1.29, 1.82) is 0 Å². The monoisotopic (exact) mass is 322 g/mol. The second-order valence-electron chi connectivity index (χ2n) is 4.82. The Morgan fingerprint density at radius 2 is 2.36 bits per heavy atom. The van der Waals surface area contributed by atoms with Crippen LogP contribution in [0.3, 0.4) is 0 Å². The second kappa shape index (κ2) is 6.24. The molecule has 22 heavy (non-hydrogen) atoms. The minimum Gasteiger partial charge on any atom is -0.476 e. The van der Waals surface area contributed by atoms with Crippen LogP contribution < -0.4 is 0 Å². The Morgan fingerprint density at radius 3 is 3.05 bits per heavy atom. The largest absolute Gasteiger partial charge is 0.476 e. The number of nitrogens with zero attached hydrogens (tertiary/aromatic N) is 4. The molecule has 3 heterocycles. The van der Waals surface area contributed by atoms with E-state index in [0.717, 1.165) is 4.88 Å². The fourth-order valence-corrected chi connectivity index (χ4v) is 3.00. The molecule has 0 aliphatic carbocycles. The van der Waals surface area contributed by atoms with Gasteiger partial charge in [-0.2, -0.15) is 0 Å².